The number of amides is 1. The zero-order chi connectivity index (χ0) is 12.9. The third-order valence-electron chi connectivity index (χ3n) is 3.36. The number of rotatable bonds is 1. The minimum absolute atomic E-state index is 0.0205. The summed E-state index contributed by atoms with van der Waals surface area (Å²) in [6.45, 7) is 3.04. The largest absolute Gasteiger partial charge is 0.391 e. The van der Waals surface area contributed by atoms with E-state index in [4.69, 9.17) is 0 Å². The monoisotopic (exact) mass is 265 g/mol. The van der Waals surface area contributed by atoms with Crippen molar-refractivity contribution in [1.29, 1.82) is 0 Å². The molecule has 5 nitrogen and oxygen atoms in total. The highest BCUT2D eigenvalue weighted by Gasteiger charge is 2.27. The van der Waals surface area contributed by atoms with Crippen LogP contribution in [0.5, 0.6) is 0 Å². The van der Waals surface area contributed by atoms with Crippen LogP contribution in [-0.2, 0) is 7.05 Å². The van der Waals surface area contributed by atoms with Crippen molar-refractivity contribution in [1.82, 2.24) is 14.7 Å². The van der Waals surface area contributed by atoms with Crippen molar-refractivity contribution >= 4 is 27.5 Å². The Morgan fingerprint density at radius 3 is 3.00 bits per heavy atom. The van der Waals surface area contributed by atoms with Crippen LogP contribution in [0.15, 0.2) is 6.07 Å². The van der Waals surface area contributed by atoms with Crippen molar-refractivity contribution in [3.63, 3.8) is 0 Å². The number of nitrogens with zero attached hydrogens (tertiary/aromatic N) is 3. The molecule has 3 rings (SSSR count). The highest BCUT2D eigenvalue weighted by molar-refractivity contribution is 7.20. The second-order valence-corrected chi connectivity index (χ2v) is 5.76. The molecular formula is C12H15N3O2S. The maximum atomic E-state index is 12.3. The van der Waals surface area contributed by atoms with Gasteiger partial charge >= 0.3 is 0 Å². The molecule has 0 bridgehead atoms. The molecule has 96 valence electrons. The van der Waals surface area contributed by atoms with Gasteiger partial charge in [-0.2, -0.15) is 5.10 Å². The molecule has 1 unspecified atom stereocenters. The zero-order valence-corrected chi connectivity index (χ0v) is 11.2. The summed E-state index contributed by atoms with van der Waals surface area (Å²) >= 11 is 1.47. The van der Waals surface area contributed by atoms with Crippen molar-refractivity contribution in [2.45, 2.75) is 19.4 Å². The van der Waals surface area contributed by atoms with Gasteiger partial charge in [-0.05, 0) is 19.4 Å². The molecule has 1 saturated heterocycles. The molecular weight excluding hydrogens is 250 g/mol. The lowest BCUT2D eigenvalue weighted by Gasteiger charge is -2.13. The summed E-state index contributed by atoms with van der Waals surface area (Å²) in [5.41, 5.74) is 0.948. The lowest BCUT2D eigenvalue weighted by atomic mass is 10.3. The fourth-order valence-corrected chi connectivity index (χ4v) is 3.48. The molecule has 0 aromatic carbocycles. The number of carbonyl (C=O) groups is 1. The van der Waals surface area contributed by atoms with E-state index in [1.807, 2.05) is 24.7 Å². The predicted molar refractivity (Wildman–Crippen MR) is 69.9 cm³/mol. The van der Waals surface area contributed by atoms with Crippen molar-refractivity contribution in [2.75, 3.05) is 13.1 Å². The highest BCUT2D eigenvalue weighted by atomic mass is 32.1. The van der Waals surface area contributed by atoms with Gasteiger partial charge in [-0.1, -0.05) is 0 Å². The van der Waals surface area contributed by atoms with E-state index in [-0.39, 0.29) is 12.0 Å². The third kappa shape index (κ3) is 1.72. The molecule has 1 aliphatic heterocycles. The first-order valence-electron chi connectivity index (χ1n) is 5.96. The van der Waals surface area contributed by atoms with Gasteiger partial charge in [-0.3, -0.25) is 9.48 Å². The Balaban J connectivity index is 1.94. The minimum atomic E-state index is -0.369. The molecule has 2 aromatic rings. The summed E-state index contributed by atoms with van der Waals surface area (Å²) in [4.78, 5) is 15.8. The van der Waals surface area contributed by atoms with Crippen LogP contribution in [0.1, 0.15) is 21.8 Å². The summed E-state index contributed by atoms with van der Waals surface area (Å²) in [7, 11) is 1.89. The number of carbonyl (C=O) groups excluding carboxylic acids is 1. The Labute approximate surface area is 109 Å². The van der Waals surface area contributed by atoms with Gasteiger partial charge in [-0.15, -0.1) is 11.3 Å². The summed E-state index contributed by atoms with van der Waals surface area (Å²) in [6.07, 6.45) is 0.309. The number of likely N-dealkylation sites (tertiary alicyclic amines) is 1. The van der Waals surface area contributed by atoms with Crippen LogP contribution in [0, 0.1) is 6.92 Å². The molecule has 3 heterocycles. The number of fused-ring (bicyclic) bond motifs is 1. The number of aromatic nitrogens is 2. The van der Waals surface area contributed by atoms with Crippen LogP contribution in [-0.4, -0.2) is 44.9 Å². The average Bonchev–Trinajstić information content (AvgIpc) is 2.98. The van der Waals surface area contributed by atoms with Crippen LogP contribution >= 0.6 is 11.3 Å². The molecule has 2 aromatic heterocycles. The summed E-state index contributed by atoms with van der Waals surface area (Å²) in [5.74, 6) is 0.0205. The first-order chi connectivity index (χ1) is 8.56. The first kappa shape index (κ1) is 11.7. The fourth-order valence-electron chi connectivity index (χ4n) is 2.39. The lowest BCUT2D eigenvalue weighted by Crippen LogP contribution is -2.28. The van der Waals surface area contributed by atoms with E-state index < -0.39 is 0 Å². The van der Waals surface area contributed by atoms with E-state index in [2.05, 4.69) is 5.10 Å². The number of β-amino-alcohol motifs (C(OH)–C–C–N with tert-alkyl or cyclic N) is 1. The Morgan fingerprint density at radius 2 is 2.39 bits per heavy atom. The normalized spacial score (nSPS) is 19.9. The molecule has 0 aliphatic carbocycles. The number of thiophene rings is 1. The molecule has 18 heavy (non-hydrogen) atoms. The van der Waals surface area contributed by atoms with Gasteiger partial charge in [0.25, 0.3) is 5.91 Å². The molecule has 1 N–H and O–H groups in total. The van der Waals surface area contributed by atoms with Crippen LogP contribution in [0.2, 0.25) is 0 Å². The molecule has 0 saturated carbocycles. The van der Waals surface area contributed by atoms with Crippen LogP contribution < -0.4 is 0 Å². The quantitative estimate of drug-likeness (QED) is 0.841. The first-order valence-corrected chi connectivity index (χ1v) is 6.78. The molecule has 1 amide bonds. The van der Waals surface area contributed by atoms with E-state index in [0.717, 1.165) is 20.8 Å². The average molecular weight is 265 g/mol. The van der Waals surface area contributed by atoms with Crippen LogP contribution in [0.4, 0.5) is 0 Å². The standard InChI is InChI=1S/C12H15N3O2S/c1-7-9-5-10(18-12(9)14(2)13-7)11(17)15-4-3-8(16)6-15/h5,8,16H,3-4,6H2,1-2H3. The molecule has 1 atom stereocenters. The number of hydrogen-bond donors (Lipinski definition) is 1. The Morgan fingerprint density at radius 1 is 1.61 bits per heavy atom. The fraction of sp³-hybridized carbons (Fsp3) is 0.500. The lowest BCUT2D eigenvalue weighted by molar-refractivity contribution is 0.0770. The number of aliphatic hydroxyl groups is 1. The van der Waals surface area contributed by atoms with Gasteiger partial charge in [0.05, 0.1) is 16.7 Å². The van der Waals surface area contributed by atoms with E-state index in [1.165, 1.54) is 11.3 Å². The molecule has 0 spiro atoms. The molecule has 6 heteroatoms. The van der Waals surface area contributed by atoms with E-state index >= 15 is 0 Å². The summed E-state index contributed by atoms with van der Waals surface area (Å²) in [6, 6.07) is 1.91. The number of hydrogen-bond acceptors (Lipinski definition) is 4. The molecule has 1 fully saturated rings. The highest BCUT2D eigenvalue weighted by Crippen LogP contribution is 2.29. The SMILES string of the molecule is Cc1nn(C)c2sc(C(=O)N3CCC(O)C3)cc12. The molecule has 0 radical (unpaired) electrons. The Kier molecular flexibility index (Phi) is 2.64. The Hall–Kier alpha value is -1.40. The smallest absolute Gasteiger partial charge is 0.264 e. The van der Waals surface area contributed by atoms with Gasteiger partial charge in [0, 0.05) is 25.5 Å². The topological polar surface area (TPSA) is 58.4 Å². The Bertz CT molecular complexity index is 582. The van der Waals surface area contributed by atoms with Crippen molar-refractivity contribution in [3.05, 3.63) is 16.6 Å². The van der Waals surface area contributed by atoms with E-state index in [1.54, 1.807) is 4.90 Å². The second-order valence-electron chi connectivity index (χ2n) is 4.73. The summed E-state index contributed by atoms with van der Waals surface area (Å²) in [5, 5.41) is 14.8. The van der Waals surface area contributed by atoms with Crippen LogP contribution in [0.25, 0.3) is 10.2 Å². The van der Waals surface area contributed by atoms with Crippen molar-refractivity contribution in [3.8, 4) is 0 Å². The predicted octanol–water partition coefficient (Wildman–Crippen LogP) is 1.15. The number of aliphatic hydroxyl groups excluding tert-OH is 1. The molecule has 1 aliphatic rings. The van der Waals surface area contributed by atoms with Gasteiger partial charge in [-0.25, -0.2) is 0 Å². The zero-order valence-electron chi connectivity index (χ0n) is 10.4. The van der Waals surface area contributed by atoms with Crippen LogP contribution in [0.3, 0.4) is 0 Å². The minimum Gasteiger partial charge on any atom is -0.391 e. The van der Waals surface area contributed by atoms with Gasteiger partial charge in [0.15, 0.2) is 0 Å². The van der Waals surface area contributed by atoms with Gasteiger partial charge in [0.2, 0.25) is 0 Å². The maximum Gasteiger partial charge on any atom is 0.264 e. The van der Waals surface area contributed by atoms with Gasteiger partial charge in [0.1, 0.15) is 4.83 Å². The van der Waals surface area contributed by atoms with Crippen molar-refractivity contribution < 1.29 is 9.90 Å². The third-order valence-corrected chi connectivity index (χ3v) is 4.55. The van der Waals surface area contributed by atoms with Gasteiger partial charge < -0.3 is 10.0 Å². The maximum absolute atomic E-state index is 12.3. The second kappa shape index (κ2) is 4.07. The van der Waals surface area contributed by atoms with Crippen molar-refractivity contribution in [2.24, 2.45) is 7.05 Å². The van der Waals surface area contributed by atoms with E-state index in [0.29, 0.717) is 19.5 Å². The number of aryl methyl sites for hydroxylation is 2. The van der Waals surface area contributed by atoms with E-state index in [9.17, 15) is 9.90 Å². The summed E-state index contributed by atoms with van der Waals surface area (Å²) < 4.78 is 1.81.